The van der Waals surface area contributed by atoms with E-state index in [2.05, 4.69) is 17.1 Å². The molecule has 2 aliphatic rings. The van der Waals surface area contributed by atoms with Crippen molar-refractivity contribution < 1.29 is 0 Å². The molecule has 0 aromatic rings. The number of rotatable bonds is 1. The van der Waals surface area contributed by atoms with Gasteiger partial charge >= 0.3 is 0 Å². The zero-order valence-electron chi connectivity index (χ0n) is 8.28. The van der Waals surface area contributed by atoms with Gasteiger partial charge in [-0.15, -0.1) is 0 Å². The van der Waals surface area contributed by atoms with Crippen molar-refractivity contribution in [2.75, 3.05) is 13.1 Å². The highest BCUT2D eigenvalue weighted by Gasteiger charge is 2.22. The van der Waals surface area contributed by atoms with E-state index in [1.54, 1.807) is 0 Å². The van der Waals surface area contributed by atoms with Gasteiger partial charge in [0, 0.05) is 12.1 Å². The zero-order valence-corrected chi connectivity index (χ0v) is 8.28. The summed E-state index contributed by atoms with van der Waals surface area (Å²) in [5.41, 5.74) is 5.92. The van der Waals surface area contributed by atoms with E-state index in [9.17, 15) is 0 Å². The van der Waals surface area contributed by atoms with Gasteiger partial charge in [-0.05, 0) is 38.8 Å². The summed E-state index contributed by atoms with van der Waals surface area (Å²) in [6.07, 6.45) is 11.0. The predicted octanol–water partition coefficient (Wildman–Crippen LogP) is 1.52. The highest BCUT2D eigenvalue weighted by atomic mass is 15.2. The maximum atomic E-state index is 5.92. The van der Waals surface area contributed by atoms with Gasteiger partial charge in [0.15, 0.2) is 0 Å². The minimum absolute atomic E-state index is 0.306. The summed E-state index contributed by atoms with van der Waals surface area (Å²) in [5.74, 6) is 0. The van der Waals surface area contributed by atoms with Crippen LogP contribution in [0.2, 0.25) is 0 Å². The van der Waals surface area contributed by atoms with Crippen molar-refractivity contribution in [3.8, 4) is 0 Å². The zero-order chi connectivity index (χ0) is 9.10. The van der Waals surface area contributed by atoms with E-state index in [1.165, 1.54) is 38.8 Å². The second-order valence-electron chi connectivity index (χ2n) is 4.31. The molecule has 0 radical (unpaired) electrons. The summed E-state index contributed by atoms with van der Waals surface area (Å²) in [7, 11) is 0. The summed E-state index contributed by atoms with van der Waals surface area (Å²) in [5, 5.41) is 0. The molecule has 74 valence electrons. The molecule has 2 N–H and O–H groups in total. The van der Waals surface area contributed by atoms with Crippen molar-refractivity contribution in [2.24, 2.45) is 5.73 Å². The van der Waals surface area contributed by atoms with E-state index in [0.29, 0.717) is 6.04 Å². The summed E-state index contributed by atoms with van der Waals surface area (Å²) >= 11 is 0. The van der Waals surface area contributed by atoms with E-state index in [1.807, 2.05) is 0 Å². The summed E-state index contributed by atoms with van der Waals surface area (Å²) < 4.78 is 0. The Morgan fingerprint density at radius 3 is 2.62 bits per heavy atom. The third kappa shape index (κ3) is 2.32. The Morgan fingerprint density at radius 1 is 1.15 bits per heavy atom. The number of nitrogens with zero attached hydrogens (tertiary/aromatic N) is 1. The van der Waals surface area contributed by atoms with Crippen LogP contribution in [0.5, 0.6) is 0 Å². The van der Waals surface area contributed by atoms with Crippen LogP contribution in [0.15, 0.2) is 12.2 Å². The molecule has 0 bridgehead atoms. The molecule has 2 heteroatoms. The fraction of sp³-hybridized carbons (Fsp3) is 0.818. The fourth-order valence-electron chi connectivity index (χ4n) is 2.48. The first-order chi connectivity index (χ1) is 6.36. The molecule has 13 heavy (non-hydrogen) atoms. The van der Waals surface area contributed by atoms with Gasteiger partial charge in [0.25, 0.3) is 0 Å². The maximum absolute atomic E-state index is 5.92. The Hall–Kier alpha value is -0.340. The monoisotopic (exact) mass is 180 g/mol. The average Bonchev–Trinajstić information content (AvgIpc) is 2.19. The standard InChI is InChI=1S/C11H20N2/c12-10-5-4-6-11(9-10)13-7-2-1-3-8-13/h4-5,10-11H,1-3,6-9,12H2. The molecule has 2 atom stereocenters. The van der Waals surface area contributed by atoms with Gasteiger partial charge < -0.3 is 10.6 Å². The van der Waals surface area contributed by atoms with Crippen LogP contribution in [0.25, 0.3) is 0 Å². The van der Waals surface area contributed by atoms with Crippen molar-refractivity contribution in [3.05, 3.63) is 12.2 Å². The van der Waals surface area contributed by atoms with Crippen LogP contribution in [0.3, 0.4) is 0 Å². The van der Waals surface area contributed by atoms with E-state index >= 15 is 0 Å². The van der Waals surface area contributed by atoms with Crippen LogP contribution >= 0.6 is 0 Å². The SMILES string of the molecule is NC1C=CCC(N2CCCCC2)C1. The van der Waals surface area contributed by atoms with E-state index in [-0.39, 0.29) is 0 Å². The average molecular weight is 180 g/mol. The van der Waals surface area contributed by atoms with Crippen molar-refractivity contribution in [1.29, 1.82) is 0 Å². The molecule has 1 fully saturated rings. The summed E-state index contributed by atoms with van der Waals surface area (Å²) in [4.78, 5) is 2.63. The molecule has 1 heterocycles. The Kier molecular flexibility index (Phi) is 3.01. The van der Waals surface area contributed by atoms with Gasteiger partial charge in [0.05, 0.1) is 0 Å². The minimum Gasteiger partial charge on any atom is -0.324 e. The molecule has 0 saturated carbocycles. The van der Waals surface area contributed by atoms with Gasteiger partial charge in [0.2, 0.25) is 0 Å². The first kappa shape index (κ1) is 9.22. The largest absolute Gasteiger partial charge is 0.324 e. The highest BCUT2D eigenvalue weighted by Crippen LogP contribution is 2.20. The Morgan fingerprint density at radius 2 is 1.92 bits per heavy atom. The van der Waals surface area contributed by atoms with Crippen molar-refractivity contribution >= 4 is 0 Å². The van der Waals surface area contributed by atoms with Crippen molar-refractivity contribution in [1.82, 2.24) is 4.90 Å². The van der Waals surface area contributed by atoms with Gasteiger partial charge in [-0.2, -0.15) is 0 Å². The normalized spacial score (nSPS) is 36.4. The molecule has 1 saturated heterocycles. The predicted molar refractivity (Wildman–Crippen MR) is 55.6 cm³/mol. The molecular formula is C11H20N2. The number of nitrogens with two attached hydrogens (primary N) is 1. The van der Waals surface area contributed by atoms with Gasteiger partial charge in [-0.25, -0.2) is 0 Å². The van der Waals surface area contributed by atoms with Gasteiger partial charge in [0.1, 0.15) is 0 Å². The van der Waals surface area contributed by atoms with E-state index < -0.39 is 0 Å². The Bertz CT molecular complexity index is 183. The summed E-state index contributed by atoms with van der Waals surface area (Å²) in [6, 6.07) is 1.04. The van der Waals surface area contributed by atoms with Crippen LogP contribution in [0.1, 0.15) is 32.1 Å². The Balaban J connectivity index is 1.88. The lowest BCUT2D eigenvalue weighted by atomic mass is 9.95. The minimum atomic E-state index is 0.306. The Labute approximate surface area is 80.8 Å². The van der Waals surface area contributed by atoms with Crippen molar-refractivity contribution in [3.63, 3.8) is 0 Å². The molecule has 0 spiro atoms. The number of piperidine rings is 1. The molecule has 0 amide bonds. The molecule has 2 unspecified atom stereocenters. The number of likely N-dealkylation sites (tertiary alicyclic amines) is 1. The lowest BCUT2D eigenvalue weighted by molar-refractivity contribution is 0.150. The first-order valence-corrected chi connectivity index (χ1v) is 5.52. The van der Waals surface area contributed by atoms with Crippen LogP contribution in [-0.4, -0.2) is 30.1 Å². The number of hydrogen-bond donors (Lipinski definition) is 1. The molecule has 0 aromatic heterocycles. The van der Waals surface area contributed by atoms with E-state index in [4.69, 9.17) is 5.73 Å². The lowest BCUT2D eigenvalue weighted by Gasteiger charge is -2.36. The van der Waals surface area contributed by atoms with Crippen LogP contribution in [0, 0.1) is 0 Å². The smallest absolute Gasteiger partial charge is 0.0238 e. The molecule has 2 nitrogen and oxygen atoms in total. The quantitative estimate of drug-likeness (QED) is 0.620. The maximum Gasteiger partial charge on any atom is 0.0238 e. The first-order valence-electron chi connectivity index (χ1n) is 5.52. The molecule has 0 aromatic carbocycles. The third-order valence-electron chi connectivity index (χ3n) is 3.24. The van der Waals surface area contributed by atoms with E-state index in [0.717, 1.165) is 12.5 Å². The highest BCUT2D eigenvalue weighted by molar-refractivity contribution is 5.01. The second-order valence-corrected chi connectivity index (χ2v) is 4.31. The van der Waals surface area contributed by atoms with Crippen LogP contribution < -0.4 is 5.73 Å². The molecular weight excluding hydrogens is 160 g/mol. The second kappa shape index (κ2) is 4.25. The molecule has 1 aliphatic heterocycles. The topological polar surface area (TPSA) is 29.3 Å². The summed E-state index contributed by atoms with van der Waals surface area (Å²) in [6.45, 7) is 2.59. The molecule has 2 rings (SSSR count). The fourth-order valence-corrected chi connectivity index (χ4v) is 2.48. The van der Waals surface area contributed by atoms with Crippen LogP contribution in [0.4, 0.5) is 0 Å². The van der Waals surface area contributed by atoms with Gasteiger partial charge in [-0.1, -0.05) is 18.6 Å². The number of hydrogen-bond acceptors (Lipinski definition) is 2. The van der Waals surface area contributed by atoms with Crippen molar-refractivity contribution in [2.45, 2.75) is 44.2 Å². The lowest BCUT2D eigenvalue weighted by Crippen LogP contribution is -2.43. The van der Waals surface area contributed by atoms with Gasteiger partial charge in [-0.3, -0.25) is 0 Å². The van der Waals surface area contributed by atoms with Crippen LogP contribution in [-0.2, 0) is 0 Å². The third-order valence-corrected chi connectivity index (χ3v) is 3.24. The molecule has 1 aliphatic carbocycles.